The monoisotopic (exact) mass is 397 g/mol. The Morgan fingerprint density at radius 3 is 2.14 bits per heavy atom. The number of rotatable bonds is 4. The van der Waals surface area contributed by atoms with Crippen LogP contribution in [-0.2, 0) is 21.2 Å². The fourth-order valence-electron chi connectivity index (χ4n) is 5.07. The minimum absolute atomic E-state index is 0.0882. The van der Waals surface area contributed by atoms with Crippen LogP contribution >= 0.6 is 0 Å². The molecule has 1 saturated carbocycles. The average molecular weight is 398 g/mol. The number of benzene rings is 2. The number of carbonyl (C=O) groups is 1. The molecule has 1 saturated heterocycles. The Hall–Kier alpha value is -2.14. The first-order valence-electron chi connectivity index (χ1n) is 10.2. The van der Waals surface area contributed by atoms with Gasteiger partial charge in [0.1, 0.15) is 0 Å². The number of amides is 1. The van der Waals surface area contributed by atoms with Gasteiger partial charge in [0.25, 0.3) is 0 Å². The maximum Gasteiger partial charge on any atom is 0.223 e. The first-order chi connectivity index (χ1) is 13.5. The van der Waals surface area contributed by atoms with Crippen molar-refractivity contribution in [2.75, 3.05) is 0 Å². The highest BCUT2D eigenvalue weighted by Crippen LogP contribution is 2.46. The Bertz CT molecular complexity index is 919. The van der Waals surface area contributed by atoms with E-state index >= 15 is 0 Å². The maximum absolute atomic E-state index is 13.6. The molecule has 1 spiro atoms. The highest BCUT2D eigenvalue weighted by molar-refractivity contribution is 7.92. The predicted molar refractivity (Wildman–Crippen MR) is 109 cm³/mol. The number of carbonyl (C=O) groups excluding carboxylic acids is 1. The van der Waals surface area contributed by atoms with E-state index in [0.29, 0.717) is 24.3 Å². The fraction of sp³-hybridized carbons (Fsp3) is 0.435. The van der Waals surface area contributed by atoms with Crippen molar-refractivity contribution in [3.05, 3.63) is 66.2 Å². The third-order valence-electron chi connectivity index (χ3n) is 6.41. The molecule has 1 unspecified atom stereocenters. The Morgan fingerprint density at radius 1 is 0.893 bits per heavy atom. The van der Waals surface area contributed by atoms with Gasteiger partial charge in [-0.2, -0.15) is 0 Å². The number of sulfone groups is 1. The molecule has 0 N–H and O–H groups in total. The fourth-order valence-corrected chi connectivity index (χ4v) is 7.30. The van der Waals surface area contributed by atoms with Crippen LogP contribution in [0, 0.1) is 0 Å². The second-order valence-electron chi connectivity index (χ2n) is 8.02. The zero-order chi connectivity index (χ0) is 19.6. The van der Waals surface area contributed by atoms with Gasteiger partial charge in [0.05, 0.1) is 15.7 Å². The normalized spacial score (nSPS) is 22.4. The van der Waals surface area contributed by atoms with E-state index in [0.717, 1.165) is 37.7 Å². The van der Waals surface area contributed by atoms with Crippen LogP contribution in [0.3, 0.4) is 0 Å². The summed E-state index contributed by atoms with van der Waals surface area (Å²) in [7, 11) is -3.51. The molecule has 2 aromatic rings. The van der Waals surface area contributed by atoms with Crippen molar-refractivity contribution in [3.63, 3.8) is 0 Å². The molecule has 0 bridgehead atoms. The molecule has 0 aromatic heterocycles. The third kappa shape index (κ3) is 3.37. The molecule has 1 amide bonds. The second kappa shape index (κ2) is 7.70. The number of likely N-dealkylation sites (tertiary alicyclic amines) is 1. The highest BCUT2D eigenvalue weighted by atomic mass is 32.2. The summed E-state index contributed by atoms with van der Waals surface area (Å²) in [4.78, 5) is 15.3. The maximum atomic E-state index is 13.6. The Morgan fingerprint density at radius 2 is 1.50 bits per heavy atom. The summed E-state index contributed by atoms with van der Waals surface area (Å²) in [6, 6.07) is 18.7. The smallest absolute Gasteiger partial charge is 0.223 e. The summed E-state index contributed by atoms with van der Waals surface area (Å²) in [5.74, 6) is 0.0882. The lowest BCUT2D eigenvalue weighted by atomic mass is 9.74. The van der Waals surface area contributed by atoms with Gasteiger partial charge in [0.2, 0.25) is 5.91 Å². The van der Waals surface area contributed by atoms with Crippen LogP contribution < -0.4 is 0 Å². The van der Waals surface area contributed by atoms with Gasteiger partial charge in [-0.15, -0.1) is 0 Å². The van der Waals surface area contributed by atoms with Gasteiger partial charge in [0.15, 0.2) is 9.84 Å². The van der Waals surface area contributed by atoms with Crippen molar-refractivity contribution in [1.29, 1.82) is 0 Å². The topological polar surface area (TPSA) is 54.5 Å². The molecule has 2 aliphatic rings. The minimum Gasteiger partial charge on any atom is -0.331 e. The lowest BCUT2D eigenvalue weighted by molar-refractivity contribution is -0.144. The largest absolute Gasteiger partial charge is 0.331 e. The Kier molecular flexibility index (Phi) is 5.28. The molecule has 4 rings (SSSR count). The van der Waals surface area contributed by atoms with Crippen molar-refractivity contribution in [1.82, 2.24) is 4.90 Å². The van der Waals surface area contributed by atoms with E-state index in [1.54, 1.807) is 24.3 Å². The number of hydrogen-bond acceptors (Lipinski definition) is 3. The summed E-state index contributed by atoms with van der Waals surface area (Å²) in [6.45, 7) is 0.487. The quantitative estimate of drug-likeness (QED) is 0.770. The summed E-state index contributed by atoms with van der Waals surface area (Å²) in [5, 5.41) is -0.538. The van der Waals surface area contributed by atoms with E-state index in [9.17, 15) is 13.2 Å². The van der Waals surface area contributed by atoms with Crippen LogP contribution in [0.2, 0.25) is 0 Å². The molecule has 2 fully saturated rings. The van der Waals surface area contributed by atoms with E-state index in [1.807, 2.05) is 41.3 Å². The molecule has 0 radical (unpaired) electrons. The molecule has 4 nitrogen and oxygen atoms in total. The van der Waals surface area contributed by atoms with E-state index in [-0.39, 0.29) is 5.91 Å². The van der Waals surface area contributed by atoms with Gasteiger partial charge in [-0.3, -0.25) is 4.79 Å². The van der Waals surface area contributed by atoms with Crippen LogP contribution in [0.25, 0.3) is 0 Å². The van der Waals surface area contributed by atoms with Crippen LogP contribution in [-0.4, -0.2) is 30.0 Å². The van der Waals surface area contributed by atoms with Crippen molar-refractivity contribution in [2.24, 2.45) is 0 Å². The summed E-state index contributed by atoms with van der Waals surface area (Å²) >= 11 is 0. The van der Waals surface area contributed by atoms with Crippen LogP contribution in [0.1, 0.15) is 50.5 Å². The number of hydrogen-bond donors (Lipinski definition) is 0. The standard InChI is InChI=1S/C23H27NO3S/c25-22-15-14-21(28(26,27)20-12-6-2-7-13-20)23(16-8-3-9-17-23)24(22)18-19-10-4-1-5-11-19/h1-2,4-7,10-13,21H,3,8-9,14-18H2. The summed E-state index contributed by atoms with van der Waals surface area (Å²) in [5.41, 5.74) is 0.455. The Balaban J connectivity index is 1.77. The Labute approximate surface area is 167 Å². The third-order valence-corrected chi connectivity index (χ3v) is 8.76. The van der Waals surface area contributed by atoms with Crippen LogP contribution in [0.15, 0.2) is 65.6 Å². The summed E-state index contributed by atoms with van der Waals surface area (Å²) < 4.78 is 27.3. The molecule has 148 valence electrons. The molecule has 1 aliphatic heterocycles. The molecule has 2 aromatic carbocycles. The molecule has 5 heteroatoms. The first-order valence-corrected chi connectivity index (χ1v) is 11.7. The average Bonchev–Trinajstić information content (AvgIpc) is 2.73. The zero-order valence-corrected chi connectivity index (χ0v) is 16.9. The zero-order valence-electron chi connectivity index (χ0n) is 16.1. The number of nitrogens with zero attached hydrogens (tertiary/aromatic N) is 1. The van der Waals surface area contributed by atoms with Crippen molar-refractivity contribution in [3.8, 4) is 0 Å². The van der Waals surface area contributed by atoms with Crippen LogP contribution in [0.4, 0.5) is 0 Å². The van der Waals surface area contributed by atoms with E-state index in [2.05, 4.69) is 0 Å². The van der Waals surface area contributed by atoms with Crippen molar-refractivity contribution >= 4 is 15.7 Å². The van der Waals surface area contributed by atoms with Crippen molar-refractivity contribution < 1.29 is 13.2 Å². The van der Waals surface area contributed by atoms with Gasteiger partial charge in [-0.05, 0) is 37.0 Å². The molecular formula is C23H27NO3S. The number of piperidine rings is 1. The van der Waals surface area contributed by atoms with E-state index < -0.39 is 20.6 Å². The molecule has 1 heterocycles. The summed E-state index contributed by atoms with van der Waals surface area (Å²) in [6.07, 6.45) is 5.29. The molecule has 1 atom stereocenters. The second-order valence-corrected chi connectivity index (χ2v) is 10.1. The highest BCUT2D eigenvalue weighted by Gasteiger charge is 2.54. The minimum atomic E-state index is -3.51. The lowest BCUT2D eigenvalue weighted by Gasteiger charge is -2.53. The molecule has 28 heavy (non-hydrogen) atoms. The van der Waals surface area contributed by atoms with Crippen molar-refractivity contribution in [2.45, 2.75) is 67.2 Å². The van der Waals surface area contributed by atoms with Gasteiger partial charge in [-0.1, -0.05) is 67.8 Å². The first kappa shape index (κ1) is 19.2. The van der Waals surface area contributed by atoms with Gasteiger partial charge in [0, 0.05) is 13.0 Å². The molecular weight excluding hydrogens is 370 g/mol. The molecule has 1 aliphatic carbocycles. The van der Waals surface area contributed by atoms with Gasteiger partial charge >= 0.3 is 0 Å². The lowest BCUT2D eigenvalue weighted by Crippen LogP contribution is -2.64. The van der Waals surface area contributed by atoms with Crippen LogP contribution in [0.5, 0.6) is 0 Å². The van der Waals surface area contributed by atoms with Gasteiger partial charge in [-0.25, -0.2) is 8.42 Å². The van der Waals surface area contributed by atoms with E-state index in [4.69, 9.17) is 0 Å². The van der Waals surface area contributed by atoms with E-state index in [1.165, 1.54) is 0 Å². The predicted octanol–water partition coefficient (Wildman–Crippen LogP) is 4.35. The van der Waals surface area contributed by atoms with Gasteiger partial charge < -0.3 is 4.90 Å². The SMILES string of the molecule is O=C1CCC(S(=O)(=O)c2ccccc2)C2(CCCCC2)N1Cc1ccccc1.